The first-order chi connectivity index (χ1) is 20.3. The van der Waals surface area contributed by atoms with Crippen LogP contribution in [0.2, 0.25) is 0 Å². The Balaban J connectivity index is 1.57. The van der Waals surface area contributed by atoms with Gasteiger partial charge in [0.25, 0.3) is 0 Å². The van der Waals surface area contributed by atoms with Crippen LogP contribution in [0.25, 0.3) is 0 Å². The summed E-state index contributed by atoms with van der Waals surface area (Å²) in [7, 11) is 0. The highest BCUT2D eigenvalue weighted by molar-refractivity contribution is 6.18. The minimum absolute atomic E-state index is 0.0903. The summed E-state index contributed by atoms with van der Waals surface area (Å²) < 4.78 is 29.0. The van der Waals surface area contributed by atoms with Crippen molar-refractivity contribution >= 4 is 58.8 Å². The molecule has 1 aromatic carbocycles. The van der Waals surface area contributed by atoms with E-state index in [0.29, 0.717) is 55.3 Å². The molecule has 0 aromatic heterocycles. The summed E-state index contributed by atoms with van der Waals surface area (Å²) >= 11 is 17.3. The lowest BCUT2D eigenvalue weighted by atomic mass is 9.49. The van der Waals surface area contributed by atoms with Crippen LogP contribution in [0.15, 0.2) is 12.1 Å². The van der Waals surface area contributed by atoms with E-state index >= 15 is 0 Å². The fourth-order valence-corrected chi connectivity index (χ4v) is 7.45. The number of piperidine rings is 1. The van der Waals surface area contributed by atoms with Crippen LogP contribution in [0.5, 0.6) is 11.5 Å². The third-order valence-electron chi connectivity index (χ3n) is 8.69. The maximum absolute atomic E-state index is 13.5. The Morgan fingerprint density at radius 3 is 2.45 bits per heavy atom. The van der Waals surface area contributed by atoms with E-state index in [-0.39, 0.29) is 62.7 Å². The first-order valence-electron chi connectivity index (χ1n) is 14.4. The molecular formula is C29H34Cl3NO9. The molecule has 2 aliphatic carbocycles. The van der Waals surface area contributed by atoms with Gasteiger partial charge in [0.05, 0.1) is 24.7 Å². The van der Waals surface area contributed by atoms with Gasteiger partial charge in [-0.3, -0.25) is 9.59 Å². The van der Waals surface area contributed by atoms with Gasteiger partial charge in [-0.25, -0.2) is 9.59 Å². The van der Waals surface area contributed by atoms with Crippen LogP contribution in [0.1, 0.15) is 62.5 Å². The second-order valence-electron chi connectivity index (χ2n) is 10.9. The summed E-state index contributed by atoms with van der Waals surface area (Å²) in [6, 6.07) is 2.80. The van der Waals surface area contributed by atoms with Gasteiger partial charge < -0.3 is 28.6 Å². The lowest BCUT2D eigenvalue weighted by Crippen LogP contribution is -2.78. The quantitative estimate of drug-likeness (QED) is 0.0983. The molecule has 1 saturated heterocycles. The van der Waals surface area contributed by atoms with Gasteiger partial charge in [0.1, 0.15) is 5.60 Å². The van der Waals surface area contributed by atoms with Crippen molar-refractivity contribution in [2.24, 2.45) is 0 Å². The van der Waals surface area contributed by atoms with Crippen LogP contribution in [-0.2, 0) is 35.6 Å². The van der Waals surface area contributed by atoms with Gasteiger partial charge in [-0.1, -0.05) is 6.07 Å². The van der Waals surface area contributed by atoms with Crippen LogP contribution in [0, 0.1) is 0 Å². The predicted octanol–water partition coefficient (Wildman–Crippen LogP) is 5.28. The van der Waals surface area contributed by atoms with E-state index in [4.69, 9.17) is 58.5 Å². The number of ether oxygens (including phenoxy) is 5. The van der Waals surface area contributed by atoms with E-state index in [0.717, 1.165) is 5.56 Å². The Hall–Kier alpha value is -2.43. The molecule has 1 saturated carbocycles. The van der Waals surface area contributed by atoms with Gasteiger partial charge in [0.2, 0.25) is 0 Å². The van der Waals surface area contributed by atoms with Gasteiger partial charge in [-0.05, 0) is 56.6 Å². The van der Waals surface area contributed by atoms with Crippen molar-refractivity contribution in [1.29, 1.82) is 0 Å². The SMILES string of the molecule is O=C(CCCCCl)OC12CCC(=O)[C@@H]3Oc4c(OC(=O)OCCCCl)ccc5c4C31CCN(C(=O)OCCCCl)C2C5. The molecular weight excluding hydrogens is 613 g/mol. The topological polar surface area (TPSA) is 118 Å². The first-order valence-corrected chi connectivity index (χ1v) is 16.0. The zero-order chi connectivity index (χ0) is 29.9. The zero-order valence-corrected chi connectivity index (χ0v) is 25.4. The maximum Gasteiger partial charge on any atom is 0.513 e. The molecule has 1 amide bonds. The number of benzene rings is 1. The molecule has 2 aliphatic heterocycles. The Labute approximate surface area is 259 Å². The average molecular weight is 647 g/mol. The summed E-state index contributed by atoms with van der Waals surface area (Å²) in [5, 5.41) is 0. The Bertz CT molecular complexity index is 1230. The summed E-state index contributed by atoms with van der Waals surface area (Å²) in [5.74, 6) is 0.919. The van der Waals surface area contributed by atoms with Crippen LogP contribution >= 0.6 is 34.8 Å². The third-order valence-corrected chi connectivity index (χ3v) is 9.49. The third kappa shape index (κ3) is 5.28. The number of rotatable bonds is 12. The number of unbranched alkanes of at least 4 members (excludes halogenated alkanes) is 1. The monoisotopic (exact) mass is 645 g/mol. The van der Waals surface area contributed by atoms with E-state index in [2.05, 4.69) is 0 Å². The second-order valence-corrected chi connectivity index (χ2v) is 12.1. The Morgan fingerprint density at radius 1 is 0.976 bits per heavy atom. The molecule has 4 aliphatic rings. The van der Waals surface area contributed by atoms with E-state index in [1.165, 1.54) is 0 Å². The second kappa shape index (κ2) is 13.1. The van der Waals surface area contributed by atoms with E-state index in [1.807, 2.05) is 0 Å². The number of amides is 1. The number of hydrogen-bond donors (Lipinski definition) is 0. The van der Waals surface area contributed by atoms with Gasteiger partial charge in [0, 0.05) is 42.6 Å². The molecule has 2 bridgehead atoms. The van der Waals surface area contributed by atoms with Crippen molar-refractivity contribution < 1.29 is 42.9 Å². The highest BCUT2D eigenvalue weighted by Crippen LogP contribution is 2.66. The fourth-order valence-electron chi connectivity index (χ4n) is 7.04. The van der Waals surface area contributed by atoms with Gasteiger partial charge in [-0.2, -0.15) is 0 Å². The number of likely N-dealkylation sites (tertiary alicyclic amines) is 1. The van der Waals surface area contributed by atoms with Crippen LogP contribution < -0.4 is 9.47 Å². The molecule has 3 unspecified atom stereocenters. The molecule has 0 radical (unpaired) electrons. The number of hydrogen-bond acceptors (Lipinski definition) is 9. The molecule has 10 nitrogen and oxygen atoms in total. The van der Waals surface area contributed by atoms with E-state index in [9.17, 15) is 19.2 Å². The van der Waals surface area contributed by atoms with Gasteiger partial charge >= 0.3 is 18.2 Å². The molecule has 42 heavy (non-hydrogen) atoms. The smallest absolute Gasteiger partial charge is 0.477 e. The molecule has 230 valence electrons. The van der Waals surface area contributed by atoms with Gasteiger partial charge in [-0.15, -0.1) is 34.8 Å². The number of carbonyl (C=O) groups is 4. The number of Topliss-reactive ketones (excluding diaryl/α,β-unsaturated/α-hetero) is 1. The molecule has 2 heterocycles. The first kappa shape index (κ1) is 31.0. The number of alkyl halides is 3. The molecule has 0 N–H and O–H groups in total. The summed E-state index contributed by atoms with van der Waals surface area (Å²) in [6.45, 7) is 0.512. The minimum Gasteiger partial charge on any atom is -0.477 e. The Morgan fingerprint density at radius 2 is 1.71 bits per heavy atom. The number of nitrogens with zero attached hydrogens (tertiary/aromatic N) is 1. The van der Waals surface area contributed by atoms with Crippen molar-refractivity contribution in [2.45, 2.75) is 80.9 Å². The molecule has 13 heteroatoms. The van der Waals surface area contributed by atoms with Crippen LogP contribution in [-0.4, -0.2) is 84.0 Å². The number of halogens is 3. The Kier molecular flexibility index (Phi) is 9.64. The number of ketones is 1. The van der Waals surface area contributed by atoms with Crippen molar-refractivity contribution in [1.82, 2.24) is 4.90 Å². The lowest BCUT2D eigenvalue weighted by Gasteiger charge is -2.63. The highest BCUT2D eigenvalue weighted by Gasteiger charge is 2.76. The van der Waals surface area contributed by atoms with Crippen molar-refractivity contribution in [3.05, 3.63) is 23.3 Å². The molecule has 1 spiro atoms. The molecule has 1 aromatic rings. The summed E-state index contributed by atoms with van der Waals surface area (Å²) in [5.41, 5.74) is -0.827. The van der Waals surface area contributed by atoms with Gasteiger partial charge in [0.15, 0.2) is 23.4 Å². The van der Waals surface area contributed by atoms with Crippen LogP contribution in [0.3, 0.4) is 0 Å². The predicted molar refractivity (Wildman–Crippen MR) is 153 cm³/mol. The standard InChI is InChI=1S/C29H34Cl3NO9/c30-11-2-1-5-22(35)42-29-9-8-19(34)25-28(29)10-14-33(26(36)38-15-3-12-31)21(29)17-18-6-7-20(24(41-25)23(18)28)40-27(37)39-16-4-13-32/h6-7,21,25H,1-5,8-17H2/t21?,25-,28?,29?/m0/s1. The lowest BCUT2D eigenvalue weighted by molar-refractivity contribution is -0.212. The molecule has 2 fully saturated rings. The normalized spacial score (nSPS) is 26.6. The largest absolute Gasteiger partial charge is 0.513 e. The molecule has 5 rings (SSSR count). The van der Waals surface area contributed by atoms with Crippen LogP contribution in [0.4, 0.5) is 9.59 Å². The summed E-state index contributed by atoms with van der Waals surface area (Å²) in [4.78, 5) is 54.3. The summed E-state index contributed by atoms with van der Waals surface area (Å²) in [6.07, 6.45) is 0.808. The number of carbonyl (C=O) groups excluding carboxylic acids is 4. The van der Waals surface area contributed by atoms with Crippen molar-refractivity contribution in [3.8, 4) is 11.5 Å². The maximum atomic E-state index is 13.5. The highest BCUT2D eigenvalue weighted by atomic mass is 35.5. The number of esters is 1. The molecule has 4 atom stereocenters. The van der Waals surface area contributed by atoms with Crippen molar-refractivity contribution in [3.63, 3.8) is 0 Å². The zero-order valence-electron chi connectivity index (χ0n) is 23.2. The average Bonchev–Trinajstić information content (AvgIpc) is 3.32. The van der Waals surface area contributed by atoms with Crippen molar-refractivity contribution in [2.75, 3.05) is 37.4 Å². The minimum atomic E-state index is -1.26. The van der Waals surface area contributed by atoms with E-state index in [1.54, 1.807) is 17.0 Å². The fraction of sp³-hybridized carbons (Fsp3) is 0.655. The van der Waals surface area contributed by atoms with E-state index < -0.39 is 41.4 Å².